The molecule has 1 amide bonds. The number of nitrogens with one attached hydrogen (secondary N) is 1. The lowest BCUT2D eigenvalue weighted by Crippen LogP contribution is -2.46. The molecule has 92 valence electrons. The van der Waals surface area contributed by atoms with Crippen molar-refractivity contribution < 1.29 is 4.79 Å². The van der Waals surface area contributed by atoms with E-state index in [4.69, 9.17) is 0 Å². The molecule has 2 rings (SSSR count). The Bertz CT molecular complexity index is 264. The molecule has 1 aliphatic heterocycles. The first kappa shape index (κ1) is 12.2. The Morgan fingerprint density at radius 2 is 2.19 bits per heavy atom. The van der Waals surface area contributed by atoms with Gasteiger partial charge in [0.1, 0.15) is 0 Å². The molecule has 1 aliphatic carbocycles. The summed E-state index contributed by atoms with van der Waals surface area (Å²) in [5, 5.41) is 3.47. The number of nitrogens with zero attached hydrogens (tertiary/aromatic N) is 1. The maximum Gasteiger partial charge on any atom is 0.244 e. The van der Waals surface area contributed by atoms with Gasteiger partial charge in [0.15, 0.2) is 0 Å². The van der Waals surface area contributed by atoms with Gasteiger partial charge in [-0.15, -0.1) is 0 Å². The summed E-state index contributed by atoms with van der Waals surface area (Å²) in [6.07, 6.45) is 7.65. The smallest absolute Gasteiger partial charge is 0.244 e. The molecule has 0 aromatic carbocycles. The van der Waals surface area contributed by atoms with Crippen LogP contribution < -0.4 is 5.32 Å². The highest BCUT2D eigenvalue weighted by molar-refractivity contribution is 7.98. The molecular formula is C12H22N2OS. The van der Waals surface area contributed by atoms with E-state index in [1.807, 2.05) is 11.8 Å². The summed E-state index contributed by atoms with van der Waals surface area (Å²) < 4.78 is 0. The van der Waals surface area contributed by atoms with Crippen LogP contribution in [0.15, 0.2) is 0 Å². The summed E-state index contributed by atoms with van der Waals surface area (Å²) in [7, 11) is 0. The van der Waals surface area contributed by atoms with Crippen LogP contribution in [0.25, 0.3) is 0 Å². The predicted molar refractivity (Wildman–Crippen MR) is 68.5 cm³/mol. The molecule has 1 saturated carbocycles. The first-order valence-electron chi connectivity index (χ1n) is 6.28. The van der Waals surface area contributed by atoms with Crippen molar-refractivity contribution in [1.29, 1.82) is 0 Å². The first-order chi connectivity index (χ1) is 7.73. The monoisotopic (exact) mass is 242 g/mol. The molecule has 1 atom stereocenters. The minimum Gasteiger partial charge on any atom is -0.324 e. The van der Waals surface area contributed by atoms with Gasteiger partial charge in [-0.3, -0.25) is 10.1 Å². The van der Waals surface area contributed by atoms with E-state index < -0.39 is 0 Å². The van der Waals surface area contributed by atoms with Gasteiger partial charge in [0.25, 0.3) is 0 Å². The third-order valence-electron chi connectivity index (χ3n) is 3.99. The lowest BCUT2D eigenvalue weighted by molar-refractivity contribution is -0.133. The van der Waals surface area contributed by atoms with E-state index in [2.05, 4.69) is 23.4 Å². The van der Waals surface area contributed by atoms with Crippen LogP contribution in [0.5, 0.6) is 0 Å². The Morgan fingerprint density at radius 3 is 2.75 bits per heavy atom. The van der Waals surface area contributed by atoms with Gasteiger partial charge < -0.3 is 4.90 Å². The number of rotatable bonds is 4. The van der Waals surface area contributed by atoms with Crippen LogP contribution in [0.2, 0.25) is 0 Å². The Morgan fingerprint density at radius 1 is 1.50 bits per heavy atom. The molecule has 0 aromatic rings. The first-order valence-corrected chi connectivity index (χ1v) is 7.68. The van der Waals surface area contributed by atoms with E-state index in [0.717, 1.165) is 31.7 Å². The van der Waals surface area contributed by atoms with Crippen LogP contribution in [0, 0.1) is 0 Å². The minimum atomic E-state index is -0.175. The normalized spacial score (nSPS) is 25.6. The summed E-state index contributed by atoms with van der Waals surface area (Å²) in [5.74, 6) is 1.42. The van der Waals surface area contributed by atoms with E-state index in [9.17, 15) is 4.79 Å². The summed E-state index contributed by atoms with van der Waals surface area (Å²) in [4.78, 5) is 14.5. The van der Waals surface area contributed by atoms with E-state index >= 15 is 0 Å². The second kappa shape index (κ2) is 4.96. The van der Waals surface area contributed by atoms with Gasteiger partial charge in [-0.05, 0) is 25.5 Å². The van der Waals surface area contributed by atoms with Gasteiger partial charge in [0.2, 0.25) is 5.91 Å². The lowest BCUT2D eigenvalue weighted by atomic mass is 9.97. The van der Waals surface area contributed by atoms with Gasteiger partial charge in [0.05, 0.1) is 12.2 Å². The molecule has 1 saturated heterocycles. The van der Waals surface area contributed by atoms with Crippen LogP contribution >= 0.6 is 11.8 Å². The summed E-state index contributed by atoms with van der Waals surface area (Å²) in [5.41, 5.74) is -0.175. The quantitative estimate of drug-likeness (QED) is 0.816. The van der Waals surface area contributed by atoms with Crippen molar-refractivity contribution in [2.24, 2.45) is 0 Å². The molecule has 0 radical (unpaired) electrons. The molecular weight excluding hydrogens is 220 g/mol. The van der Waals surface area contributed by atoms with Crippen LogP contribution in [0.3, 0.4) is 0 Å². The third kappa shape index (κ3) is 1.97. The molecule has 0 bridgehead atoms. The van der Waals surface area contributed by atoms with Crippen LogP contribution in [-0.4, -0.2) is 41.1 Å². The highest BCUT2D eigenvalue weighted by Gasteiger charge is 2.49. The molecule has 1 spiro atoms. The fourth-order valence-corrected chi connectivity index (χ4v) is 3.74. The van der Waals surface area contributed by atoms with Crippen molar-refractivity contribution in [3.8, 4) is 0 Å². The zero-order chi connectivity index (χ0) is 11.6. The maximum atomic E-state index is 12.5. The second-order valence-corrected chi connectivity index (χ2v) is 5.83. The number of amides is 1. The largest absolute Gasteiger partial charge is 0.324 e. The molecule has 1 N–H and O–H groups in total. The fraction of sp³-hybridized carbons (Fsp3) is 0.917. The zero-order valence-corrected chi connectivity index (χ0v) is 11.1. The number of carbonyl (C=O) groups excluding carboxylic acids is 1. The Hall–Kier alpha value is -0.220. The molecule has 16 heavy (non-hydrogen) atoms. The van der Waals surface area contributed by atoms with Gasteiger partial charge in [-0.1, -0.05) is 19.8 Å². The Labute approximate surface area is 102 Å². The topological polar surface area (TPSA) is 32.3 Å². The van der Waals surface area contributed by atoms with Gasteiger partial charge in [-0.25, -0.2) is 0 Å². The molecule has 0 aromatic heterocycles. The van der Waals surface area contributed by atoms with Crippen molar-refractivity contribution in [2.75, 3.05) is 18.7 Å². The lowest BCUT2D eigenvalue weighted by Gasteiger charge is -2.27. The fourth-order valence-electron chi connectivity index (χ4n) is 2.94. The molecule has 2 aliphatic rings. The van der Waals surface area contributed by atoms with Gasteiger partial charge >= 0.3 is 0 Å². The van der Waals surface area contributed by atoms with Crippen molar-refractivity contribution in [3.63, 3.8) is 0 Å². The maximum absolute atomic E-state index is 12.5. The summed E-state index contributed by atoms with van der Waals surface area (Å²) >= 11 is 1.83. The highest BCUT2D eigenvalue weighted by Crippen LogP contribution is 2.35. The average molecular weight is 242 g/mol. The standard InChI is InChI=1S/C12H22N2OS/c1-3-10(8-16-2)14-9-13-12(11(14)15)6-4-5-7-12/h10,13H,3-9H2,1-2H3. The van der Waals surface area contributed by atoms with Gasteiger partial charge in [0, 0.05) is 11.8 Å². The predicted octanol–water partition coefficient (Wildman–Crippen LogP) is 1.83. The zero-order valence-electron chi connectivity index (χ0n) is 10.3. The average Bonchev–Trinajstić information content (AvgIpc) is 2.88. The molecule has 2 fully saturated rings. The summed E-state index contributed by atoms with van der Waals surface area (Å²) in [6, 6.07) is 0.412. The van der Waals surface area contributed by atoms with E-state index in [1.54, 1.807) is 0 Å². The van der Waals surface area contributed by atoms with Gasteiger partial charge in [-0.2, -0.15) is 11.8 Å². The number of thioether (sulfide) groups is 1. The SMILES string of the molecule is CCC(CSC)N1CNC2(CCCC2)C1=O. The van der Waals surface area contributed by atoms with E-state index in [-0.39, 0.29) is 5.54 Å². The molecule has 1 heterocycles. The molecule has 1 unspecified atom stereocenters. The van der Waals surface area contributed by atoms with Crippen molar-refractivity contribution >= 4 is 17.7 Å². The second-order valence-electron chi connectivity index (χ2n) is 4.92. The number of carbonyl (C=O) groups is 1. The molecule has 3 nitrogen and oxygen atoms in total. The molecule has 4 heteroatoms. The highest BCUT2D eigenvalue weighted by atomic mass is 32.2. The summed E-state index contributed by atoms with van der Waals surface area (Å²) in [6.45, 7) is 2.94. The van der Waals surface area contributed by atoms with Crippen molar-refractivity contribution in [1.82, 2.24) is 10.2 Å². The number of hydrogen-bond donors (Lipinski definition) is 1. The Balaban J connectivity index is 2.05. The minimum absolute atomic E-state index is 0.175. The Kier molecular flexibility index (Phi) is 3.80. The van der Waals surface area contributed by atoms with E-state index in [1.165, 1.54) is 12.8 Å². The van der Waals surface area contributed by atoms with Crippen LogP contribution in [0.4, 0.5) is 0 Å². The third-order valence-corrected chi connectivity index (χ3v) is 4.70. The van der Waals surface area contributed by atoms with Crippen molar-refractivity contribution in [3.05, 3.63) is 0 Å². The van der Waals surface area contributed by atoms with Crippen LogP contribution in [0.1, 0.15) is 39.0 Å². The van der Waals surface area contributed by atoms with Crippen molar-refractivity contribution in [2.45, 2.75) is 50.6 Å². The number of hydrogen-bond acceptors (Lipinski definition) is 3. The van der Waals surface area contributed by atoms with Crippen LogP contribution in [-0.2, 0) is 4.79 Å². The van der Waals surface area contributed by atoms with E-state index in [0.29, 0.717) is 11.9 Å².